The topological polar surface area (TPSA) is 42.7 Å². The summed E-state index contributed by atoms with van der Waals surface area (Å²) in [6, 6.07) is 9.05. The van der Waals surface area contributed by atoms with Gasteiger partial charge in [-0.2, -0.15) is 0 Å². The molecule has 1 aromatic carbocycles. The van der Waals surface area contributed by atoms with E-state index in [4.69, 9.17) is 0 Å². The highest BCUT2D eigenvalue weighted by atomic mass is 32.2. The fraction of sp³-hybridized carbons (Fsp3) is 0.467. The molecule has 0 amide bonds. The molecule has 2 aromatic rings. The van der Waals surface area contributed by atoms with Gasteiger partial charge in [0.05, 0.1) is 0 Å². The molecule has 0 fully saturated rings. The molecule has 0 bridgehead atoms. The van der Waals surface area contributed by atoms with Gasteiger partial charge in [0.25, 0.3) is 0 Å². The molecule has 0 aliphatic carbocycles. The Labute approximate surface area is 125 Å². The highest BCUT2D eigenvalue weighted by molar-refractivity contribution is 7.99. The van der Waals surface area contributed by atoms with Gasteiger partial charge in [-0.25, -0.2) is 0 Å². The largest absolute Gasteiger partial charge is 0.310 e. The summed E-state index contributed by atoms with van der Waals surface area (Å²) in [5, 5.41) is 12.7. The second-order valence-electron chi connectivity index (χ2n) is 4.94. The van der Waals surface area contributed by atoms with E-state index < -0.39 is 0 Å². The van der Waals surface area contributed by atoms with E-state index in [0.717, 1.165) is 23.9 Å². The van der Waals surface area contributed by atoms with E-state index in [1.54, 1.807) is 11.8 Å². The maximum atomic E-state index is 4.17. The molecule has 0 spiro atoms. The second kappa shape index (κ2) is 6.90. The Kier molecular flexibility index (Phi) is 5.20. The summed E-state index contributed by atoms with van der Waals surface area (Å²) in [4.78, 5) is 1.19. The van der Waals surface area contributed by atoms with Crippen LogP contribution in [0.2, 0.25) is 0 Å². The number of nitrogens with one attached hydrogen (secondary N) is 1. The van der Waals surface area contributed by atoms with E-state index in [0.29, 0.717) is 6.04 Å². The van der Waals surface area contributed by atoms with Gasteiger partial charge in [-0.1, -0.05) is 19.1 Å². The number of hydrogen-bond acceptors (Lipinski definition) is 4. The lowest BCUT2D eigenvalue weighted by molar-refractivity contribution is 0.570. The quantitative estimate of drug-likeness (QED) is 0.886. The lowest BCUT2D eigenvalue weighted by Crippen LogP contribution is -2.19. The molecule has 4 nitrogen and oxygen atoms in total. The van der Waals surface area contributed by atoms with E-state index in [-0.39, 0.29) is 0 Å². The minimum absolute atomic E-state index is 0.395. The number of nitrogens with zero attached hydrogens (tertiary/aromatic N) is 3. The number of hydrogen-bond donors (Lipinski definition) is 1. The van der Waals surface area contributed by atoms with Gasteiger partial charge in [-0.15, -0.1) is 10.2 Å². The molecule has 0 radical (unpaired) electrons. The van der Waals surface area contributed by atoms with Gasteiger partial charge in [0, 0.05) is 18.0 Å². The molecule has 1 atom stereocenters. The van der Waals surface area contributed by atoms with Crippen LogP contribution in [0, 0.1) is 6.92 Å². The summed E-state index contributed by atoms with van der Waals surface area (Å²) >= 11 is 1.64. The van der Waals surface area contributed by atoms with Crippen molar-refractivity contribution >= 4 is 11.8 Å². The Bertz CT molecular complexity index is 548. The molecule has 0 aliphatic heterocycles. The molecule has 0 aliphatic rings. The second-order valence-corrected chi connectivity index (χ2v) is 5.98. The van der Waals surface area contributed by atoms with Crippen LogP contribution in [-0.2, 0) is 7.05 Å². The summed E-state index contributed by atoms with van der Waals surface area (Å²) in [6.45, 7) is 7.39. The van der Waals surface area contributed by atoms with Crippen LogP contribution >= 0.6 is 11.8 Å². The molecule has 5 heteroatoms. The summed E-state index contributed by atoms with van der Waals surface area (Å²) in [7, 11) is 1.99. The SMILES string of the molecule is CCCNC(C)c1ccc(Sc2nnc(C)n2C)cc1. The monoisotopic (exact) mass is 290 g/mol. The van der Waals surface area contributed by atoms with Gasteiger partial charge in [0.2, 0.25) is 0 Å². The van der Waals surface area contributed by atoms with Gasteiger partial charge in [0.15, 0.2) is 5.16 Å². The third-order valence-electron chi connectivity index (χ3n) is 3.34. The van der Waals surface area contributed by atoms with Crippen molar-refractivity contribution in [2.24, 2.45) is 7.05 Å². The van der Waals surface area contributed by atoms with Crippen LogP contribution in [0.15, 0.2) is 34.3 Å². The molecule has 1 aromatic heterocycles. The van der Waals surface area contributed by atoms with Gasteiger partial charge >= 0.3 is 0 Å². The van der Waals surface area contributed by atoms with Crippen LogP contribution < -0.4 is 5.32 Å². The van der Waals surface area contributed by atoms with E-state index in [1.165, 1.54) is 10.5 Å². The lowest BCUT2D eigenvalue weighted by atomic mass is 10.1. The molecule has 2 rings (SSSR count). The first-order valence-electron chi connectivity index (χ1n) is 6.99. The predicted molar refractivity (Wildman–Crippen MR) is 83.0 cm³/mol. The molecule has 108 valence electrons. The third-order valence-corrected chi connectivity index (χ3v) is 4.39. The summed E-state index contributed by atoms with van der Waals surface area (Å²) in [6.07, 6.45) is 1.16. The number of rotatable bonds is 6. The van der Waals surface area contributed by atoms with Gasteiger partial charge in [-0.3, -0.25) is 0 Å². The normalized spacial score (nSPS) is 12.6. The smallest absolute Gasteiger partial charge is 0.195 e. The molecule has 1 unspecified atom stereocenters. The van der Waals surface area contributed by atoms with Crippen LogP contribution in [0.1, 0.15) is 37.7 Å². The summed E-state index contributed by atoms with van der Waals surface area (Å²) in [5.41, 5.74) is 1.32. The zero-order chi connectivity index (χ0) is 14.5. The van der Waals surface area contributed by atoms with Crippen LogP contribution in [0.5, 0.6) is 0 Å². The Morgan fingerprint density at radius 1 is 1.25 bits per heavy atom. The van der Waals surface area contributed by atoms with Crippen molar-refractivity contribution < 1.29 is 0 Å². The van der Waals surface area contributed by atoms with Crippen molar-refractivity contribution in [1.29, 1.82) is 0 Å². The molecule has 0 saturated carbocycles. The molecular formula is C15H22N4S. The van der Waals surface area contributed by atoms with Crippen molar-refractivity contribution in [2.45, 2.75) is 43.3 Å². The Morgan fingerprint density at radius 3 is 2.50 bits per heavy atom. The minimum atomic E-state index is 0.395. The Balaban J connectivity index is 2.03. The number of aromatic nitrogens is 3. The van der Waals surface area contributed by atoms with Crippen LogP contribution in [0.25, 0.3) is 0 Å². The standard InChI is InChI=1S/C15H22N4S/c1-5-10-16-11(2)13-6-8-14(9-7-13)20-15-18-17-12(3)19(15)4/h6-9,11,16H,5,10H2,1-4H3. The van der Waals surface area contributed by atoms with Gasteiger partial charge in [-0.05, 0) is 56.3 Å². The molecule has 0 saturated heterocycles. The van der Waals surface area contributed by atoms with E-state index in [1.807, 2.05) is 18.5 Å². The molecule has 1 heterocycles. The minimum Gasteiger partial charge on any atom is -0.310 e. The highest BCUT2D eigenvalue weighted by Crippen LogP contribution is 2.27. The summed E-state index contributed by atoms with van der Waals surface area (Å²) in [5.74, 6) is 0.932. The van der Waals surface area contributed by atoms with Crippen molar-refractivity contribution in [3.63, 3.8) is 0 Å². The Hall–Kier alpha value is -1.33. The predicted octanol–water partition coefficient (Wildman–Crippen LogP) is 3.34. The van der Waals surface area contributed by atoms with E-state index >= 15 is 0 Å². The zero-order valence-electron chi connectivity index (χ0n) is 12.6. The van der Waals surface area contributed by atoms with Crippen molar-refractivity contribution in [2.75, 3.05) is 6.54 Å². The lowest BCUT2D eigenvalue weighted by Gasteiger charge is -2.13. The van der Waals surface area contributed by atoms with Crippen LogP contribution in [0.3, 0.4) is 0 Å². The first kappa shape index (κ1) is 15.1. The van der Waals surface area contributed by atoms with Gasteiger partial charge in [0.1, 0.15) is 5.82 Å². The number of aryl methyl sites for hydroxylation is 1. The number of benzene rings is 1. The Morgan fingerprint density at radius 2 is 1.95 bits per heavy atom. The average molecular weight is 290 g/mol. The van der Waals surface area contributed by atoms with E-state index in [9.17, 15) is 0 Å². The maximum absolute atomic E-state index is 4.17. The van der Waals surface area contributed by atoms with Crippen LogP contribution in [0.4, 0.5) is 0 Å². The zero-order valence-corrected chi connectivity index (χ0v) is 13.4. The molecule has 1 N–H and O–H groups in total. The summed E-state index contributed by atoms with van der Waals surface area (Å²) < 4.78 is 2.00. The maximum Gasteiger partial charge on any atom is 0.195 e. The fourth-order valence-electron chi connectivity index (χ4n) is 1.89. The van der Waals surface area contributed by atoms with E-state index in [2.05, 4.69) is 53.6 Å². The van der Waals surface area contributed by atoms with Gasteiger partial charge < -0.3 is 9.88 Å². The third kappa shape index (κ3) is 3.61. The first-order chi connectivity index (χ1) is 9.61. The first-order valence-corrected chi connectivity index (χ1v) is 7.80. The fourth-order valence-corrected chi connectivity index (χ4v) is 2.72. The average Bonchev–Trinajstić information content (AvgIpc) is 2.77. The van der Waals surface area contributed by atoms with Crippen molar-refractivity contribution in [3.05, 3.63) is 35.7 Å². The molecular weight excluding hydrogens is 268 g/mol. The highest BCUT2D eigenvalue weighted by Gasteiger charge is 2.08. The van der Waals surface area contributed by atoms with Crippen molar-refractivity contribution in [1.82, 2.24) is 20.1 Å². The van der Waals surface area contributed by atoms with Crippen LogP contribution in [-0.4, -0.2) is 21.3 Å². The van der Waals surface area contributed by atoms with Crippen molar-refractivity contribution in [3.8, 4) is 0 Å². The molecule has 20 heavy (non-hydrogen) atoms.